The van der Waals surface area contributed by atoms with Crippen LogP contribution in [-0.4, -0.2) is 28.1 Å². The Morgan fingerprint density at radius 2 is 2.04 bits per heavy atom. The molecule has 1 aromatic carbocycles. The number of hydrogen-bond acceptors (Lipinski definition) is 5. The molecule has 0 saturated carbocycles. The molecule has 0 saturated heterocycles. The molecular weight excluding hydrogens is 302 g/mol. The van der Waals surface area contributed by atoms with Gasteiger partial charge in [-0.2, -0.15) is 0 Å². The van der Waals surface area contributed by atoms with Crippen LogP contribution in [0.1, 0.15) is 24.5 Å². The summed E-state index contributed by atoms with van der Waals surface area (Å²) in [4.78, 5) is 34.4. The van der Waals surface area contributed by atoms with Crippen LogP contribution >= 0.6 is 0 Å². The van der Waals surface area contributed by atoms with Gasteiger partial charge < -0.3 is 19.9 Å². The lowest BCUT2D eigenvalue weighted by atomic mass is 10.0. The van der Waals surface area contributed by atoms with Crippen molar-refractivity contribution in [3.05, 3.63) is 39.7 Å². The average Bonchev–Trinajstić information content (AvgIpc) is 2.46. The molecule has 0 radical (unpaired) electrons. The smallest absolute Gasteiger partial charge is 0.339 e. The van der Waals surface area contributed by atoms with Crippen molar-refractivity contribution >= 4 is 22.8 Å². The topological polar surface area (TPSA) is 117 Å². The number of carboxylic acid groups (broad SMARTS) is 1. The number of benzene rings is 1. The maximum absolute atomic E-state index is 12.0. The molecule has 0 aliphatic carbocycles. The molecule has 0 bridgehead atoms. The van der Waals surface area contributed by atoms with Gasteiger partial charge in [0.1, 0.15) is 17.4 Å². The molecular formula is C16H17NO6. The van der Waals surface area contributed by atoms with E-state index in [2.05, 4.69) is 5.32 Å². The number of phenolic OH excluding ortho intramolecular Hbond substituents is 1. The molecule has 1 amide bonds. The number of fused-ring (bicyclic) bond motifs is 1. The Morgan fingerprint density at radius 1 is 1.35 bits per heavy atom. The Bertz CT molecular complexity index is 823. The van der Waals surface area contributed by atoms with E-state index in [1.807, 2.05) is 0 Å². The number of carbonyl (C=O) groups is 2. The summed E-state index contributed by atoms with van der Waals surface area (Å²) in [5.74, 6) is -1.58. The zero-order chi connectivity index (χ0) is 17.1. The van der Waals surface area contributed by atoms with E-state index in [1.165, 1.54) is 19.1 Å². The molecule has 1 heterocycles. The largest absolute Gasteiger partial charge is 0.508 e. The van der Waals surface area contributed by atoms with Crippen LogP contribution in [0.5, 0.6) is 5.75 Å². The van der Waals surface area contributed by atoms with Gasteiger partial charge in [0.25, 0.3) is 0 Å². The Morgan fingerprint density at radius 3 is 2.70 bits per heavy atom. The zero-order valence-corrected chi connectivity index (χ0v) is 12.8. The predicted octanol–water partition coefficient (Wildman–Crippen LogP) is 1.33. The van der Waals surface area contributed by atoms with E-state index in [4.69, 9.17) is 9.52 Å². The number of rotatable bonds is 5. The minimum Gasteiger partial charge on any atom is -0.508 e. The minimum atomic E-state index is -1.13. The van der Waals surface area contributed by atoms with Gasteiger partial charge in [-0.15, -0.1) is 0 Å². The van der Waals surface area contributed by atoms with E-state index < -0.39 is 23.5 Å². The van der Waals surface area contributed by atoms with E-state index >= 15 is 0 Å². The Balaban J connectivity index is 2.21. The van der Waals surface area contributed by atoms with Crippen LogP contribution in [-0.2, 0) is 16.0 Å². The Kier molecular flexibility index (Phi) is 4.68. The highest BCUT2D eigenvalue weighted by Gasteiger charge is 2.16. The van der Waals surface area contributed by atoms with Gasteiger partial charge in [-0.05, 0) is 38.0 Å². The lowest BCUT2D eigenvalue weighted by molar-refractivity contribution is -0.141. The summed E-state index contributed by atoms with van der Waals surface area (Å²) in [7, 11) is 0. The van der Waals surface area contributed by atoms with Gasteiger partial charge >= 0.3 is 11.6 Å². The molecule has 7 nitrogen and oxygen atoms in total. The summed E-state index contributed by atoms with van der Waals surface area (Å²) >= 11 is 0. The Hall–Kier alpha value is -2.83. The van der Waals surface area contributed by atoms with Crippen LogP contribution in [0.3, 0.4) is 0 Å². The first-order valence-electron chi connectivity index (χ1n) is 7.07. The van der Waals surface area contributed by atoms with Crippen LogP contribution in [0.2, 0.25) is 0 Å². The number of amides is 1. The first kappa shape index (κ1) is 16.5. The van der Waals surface area contributed by atoms with Crippen molar-refractivity contribution in [1.29, 1.82) is 0 Å². The maximum atomic E-state index is 12.0. The summed E-state index contributed by atoms with van der Waals surface area (Å²) in [5, 5.41) is 21.2. The molecule has 0 aliphatic rings. The van der Waals surface area contributed by atoms with Gasteiger partial charge in [-0.3, -0.25) is 9.59 Å². The molecule has 0 aliphatic heterocycles. The van der Waals surface area contributed by atoms with Crippen LogP contribution < -0.4 is 10.9 Å². The van der Waals surface area contributed by atoms with E-state index in [1.54, 1.807) is 13.0 Å². The van der Waals surface area contributed by atoms with E-state index in [0.717, 1.165) is 0 Å². The maximum Gasteiger partial charge on any atom is 0.339 e. The number of carboxylic acids is 1. The van der Waals surface area contributed by atoms with E-state index in [9.17, 15) is 19.5 Å². The fraction of sp³-hybridized carbons (Fsp3) is 0.312. The van der Waals surface area contributed by atoms with Gasteiger partial charge in [0.15, 0.2) is 0 Å². The molecule has 7 heteroatoms. The van der Waals surface area contributed by atoms with Crippen molar-refractivity contribution in [3.63, 3.8) is 0 Å². The number of hydrogen-bond donors (Lipinski definition) is 3. The van der Waals surface area contributed by atoms with Crippen LogP contribution in [0.15, 0.2) is 27.4 Å². The number of nitrogens with one attached hydrogen (secondary N) is 1. The van der Waals surface area contributed by atoms with Crippen molar-refractivity contribution in [2.45, 2.75) is 32.7 Å². The van der Waals surface area contributed by atoms with Crippen molar-refractivity contribution in [2.24, 2.45) is 0 Å². The number of phenols is 1. The fourth-order valence-corrected chi connectivity index (χ4v) is 2.29. The van der Waals surface area contributed by atoms with Crippen molar-refractivity contribution in [1.82, 2.24) is 5.32 Å². The molecule has 0 unspecified atom stereocenters. The highest BCUT2D eigenvalue weighted by Crippen LogP contribution is 2.23. The van der Waals surface area contributed by atoms with Gasteiger partial charge in [0.2, 0.25) is 5.91 Å². The van der Waals surface area contributed by atoms with Crippen LogP contribution in [0.4, 0.5) is 0 Å². The average molecular weight is 319 g/mol. The fourth-order valence-electron chi connectivity index (χ4n) is 2.29. The van der Waals surface area contributed by atoms with E-state index in [0.29, 0.717) is 16.5 Å². The molecule has 122 valence electrons. The number of aromatic hydroxyl groups is 1. The highest BCUT2D eigenvalue weighted by molar-refractivity contribution is 5.84. The van der Waals surface area contributed by atoms with Crippen molar-refractivity contribution in [2.75, 3.05) is 0 Å². The summed E-state index contributed by atoms with van der Waals surface area (Å²) in [6, 6.07) is 3.49. The molecule has 2 aromatic rings. The monoisotopic (exact) mass is 319 g/mol. The summed E-state index contributed by atoms with van der Waals surface area (Å²) in [5.41, 5.74) is 0.747. The predicted molar refractivity (Wildman–Crippen MR) is 82.4 cm³/mol. The number of carbonyl (C=O) groups excluding carboxylic acids is 1. The van der Waals surface area contributed by atoms with Crippen LogP contribution in [0.25, 0.3) is 11.0 Å². The number of aryl methyl sites for hydroxylation is 1. The molecule has 0 spiro atoms. The summed E-state index contributed by atoms with van der Waals surface area (Å²) < 4.78 is 5.16. The van der Waals surface area contributed by atoms with Gasteiger partial charge in [0, 0.05) is 23.4 Å². The molecule has 2 rings (SSSR count). The second-order valence-electron chi connectivity index (χ2n) is 5.30. The summed E-state index contributed by atoms with van der Waals surface area (Å²) in [6.45, 7) is 3.10. The van der Waals surface area contributed by atoms with Crippen LogP contribution in [0, 0.1) is 6.92 Å². The summed E-state index contributed by atoms with van der Waals surface area (Å²) in [6.07, 6.45) is 0.121. The lowest BCUT2D eigenvalue weighted by Gasteiger charge is -2.10. The minimum absolute atomic E-state index is 0.00478. The van der Waals surface area contributed by atoms with Crippen molar-refractivity contribution < 1.29 is 24.2 Å². The van der Waals surface area contributed by atoms with Gasteiger partial charge in [-0.25, -0.2) is 4.79 Å². The second-order valence-corrected chi connectivity index (χ2v) is 5.30. The van der Waals surface area contributed by atoms with Gasteiger partial charge in [0.05, 0.1) is 0 Å². The standard InChI is InChI=1S/C16H17NO6/c1-8-11-4-3-10(18)7-13(11)23-16(22)12(8)5-6-14(19)17-9(2)15(20)21/h3-4,7,9,18H,5-6H2,1-2H3,(H,17,19)(H,20,21)/t9-/m1/s1. The molecule has 1 atom stereocenters. The first-order chi connectivity index (χ1) is 10.8. The SMILES string of the molecule is Cc1c(CCC(=O)N[C@H](C)C(=O)O)c(=O)oc2cc(O)ccc12. The zero-order valence-electron chi connectivity index (χ0n) is 12.8. The quantitative estimate of drug-likeness (QED) is 0.716. The highest BCUT2D eigenvalue weighted by atomic mass is 16.4. The molecule has 3 N–H and O–H groups in total. The molecule has 1 aromatic heterocycles. The Labute approximate surface area is 131 Å². The third-order valence-corrected chi connectivity index (χ3v) is 3.62. The molecule has 0 fully saturated rings. The van der Waals surface area contributed by atoms with Crippen molar-refractivity contribution in [3.8, 4) is 5.75 Å². The third kappa shape index (κ3) is 3.68. The first-order valence-corrected chi connectivity index (χ1v) is 7.07. The normalized spacial score (nSPS) is 12.1. The number of aliphatic carboxylic acids is 1. The van der Waals surface area contributed by atoms with E-state index in [-0.39, 0.29) is 24.2 Å². The van der Waals surface area contributed by atoms with Gasteiger partial charge in [-0.1, -0.05) is 0 Å². The molecule has 23 heavy (non-hydrogen) atoms. The third-order valence-electron chi connectivity index (χ3n) is 3.62. The lowest BCUT2D eigenvalue weighted by Crippen LogP contribution is -2.38. The second kappa shape index (κ2) is 6.51.